The maximum Gasteiger partial charge on any atom is 0.261 e. The molecular formula is C16H13NO3. The largest absolute Gasteiger partial charge is 0.387 e. The molecule has 100 valence electrons. The average molecular weight is 268 g/mol. The van der Waals surface area contributed by atoms with Crippen molar-refractivity contribution in [3.8, 4) is 0 Å². The van der Waals surface area contributed by atoms with E-state index >= 15 is 0 Å². The van der Waals surface area contributed by atoms with Crippen LogP contribution >= 0.6 is 0 Å². The summed E-state index contributed by atoms with van der Waals surface area (Å²) >= 11 is 0. The Balaban J connectivity index is 1.92. The number of rotatable bonds is 3. The summed E-state index contributed by atoms with van der Waals surface area (Å²) in [5, 5.41) is 10.2. The number of hydrogen-bond donors (Lipinski definition) is 1. The Hall–Kier alpha value is -2.46. The molecule has 0 aliphatic carbocycles. The highest BCUT2D eigenvalue weighted by Gasteiger charge is 2.36. The fraction of sp³-hybridized carbons (Fsp3) is 0.125. The Labute approximate surface area is 117 Å². The molecule has 2 amide bonds. The van der Waals surface area contributed by atoms with E-state index in [0.29, 0.717) is 5.56 Å². The van der Waals surface area contributed by atoms with Gasteiger partial charge in [-0.15, -0.1) is 0 Å². The minimum atomic E-state index is -1.38. The van der Waals surface area contributed by atoms with E-state index < -0.39 is 24.4 Å². The van der Waals surface area contributed by atoms with Crippen LogP contribution in [0.5, 0.6) is 0 Å². The van der Waals surface area contributed by atoms with Gasteiger partial charge in [0.25, 0.3) is 11.8 Å². The number of aliphatic hydroxyl groups is 1. The van der Waals surface area contributed by atoms with E-state index in [4.69, 9.17) is 1.37 Å². The number of nitrogens with zero attached hydrogens (tertiary/aromatic N) is 1. The Kier molecular flexibility index (Phi) is 2.79. The molecule has 4 nitrogen and oxygen atoms in total. The minimum absolute atomic E-state index is 0.278. The predicted octanol–water partition coefficient (Wildman–Crippen LogP) is 2.02. The SMILES string of the molecule is [2H][C@@H](C(O)c1ccccc1)N1C(=O)c2ccccc2C1=O. The van der Waals surface area contributed by atoms with Crippen LogP contribution in [0.1, 0.15) is 33.8 Å². The van der Waals surface area contributed by atoms with Gasteiger partial charge in [-0.25, -0.2) is 0 Å². The first-order valence-electron chi connectivity index (χ1n) is 6.81. The number of imide groups is 1. The molecule has 1 aliphatic heterocycles. The van der Waals surface area contributed by atoms with Crippen LogP contribution in [0.2, 0.25) is 0 Å². The molecule has 1 heterocycles. The van der Waals surface area contributed by atoms with E-state index in [0.717, 1.165) is 4.90 Å². The van der Waals surface area contributed by atoms with Crippen molar-refractivity contribution in [1.29, 1.82) is 0 Å². The van der Waals surface area contributed by atoms with Gasteiger partial charge in [0.15, 0.2) is 0 Å². The van der Waals surface area contributed by atoms with E-state index in [-0.39, 0.29) is 11.1 Å². The zero-order valence-electron chi connectivity index (χ0n) is 11.6. The van der Waals surface area contributed by atoms with Crippen LogP contribution in [-0.2, 0) is 0 Å². The lowest BCUT2D eigenvalue weighted by Crippen LogP contribution is -2.33. The molecule has 0 saturated carbocycles. The molecule has 1 unspecified atom stereocenters. The molecule has 20 heavy (non-hydrogen) atoms. The second kappa shape index (κ2) is 4.90. The third-order valence-electron chi connectivity index (χ3n) is 3.26. The van der Waals surface area contributed by atoms with Crippen molar-refractivity contribution < 1.29 is 16.1 Å². The van der Waals surface area contributed by atoms with E-state index in [1.165, 1.54) is 0 Å². The van der Waals surface area contributed by atoms with Gasteiger partial charge >= 0.3 is 0 Å². The van der Waals surface area contributed by atoms with Gasteiger partial charge in [0.05, 0.1) is 25.1 Å². The molecule has 1 N–H and O–H groups in total. The van der Waals surface area contributed by atoms with Crippen molar-refractivity contribution in [1.82, 2.24) is 4.90 Å². The van der Waals surface area contributed by atoms with Gasteiger partial charge < -0.3 is 5.11 Å². The van der Waals surface area contributed by atoms with E-state index in [1.54, 1.807) is 54.6 Å². The van der Waals surface area contributed by atoms with Crippen molar-refractivity contribution in [2.45, 2.75) is 6.10 Å². The Morgan fingerprint density at radius 1 is 0.950 bits per heavy atom. The van der Waals surface area contributed by atoms with E-state index in [9.17, 15) is 14.7 Å². The molecule has 0 aromatic heterocycles. The highest BCUT2D eigenvalue weighted by molar-refractivity contribution is 6.21. The molecule has 3 rings (SSSR count). The summed E-state index contributed by atoms with van der Waals surface area (Å²) in [5.41, 5.74) is 1.05. The topological polar surface area (TPSA) is 57.6 Å². The lowest BCUT2D eigenvalue weighted by Gasteiger charge is -2.18. The van der Waals surface area contributed by atoms with Crippen molar-refractivity contribution in [2.75, 3.05) is 6.52 Å². The quantitative estimate of drug-likeness (QED) is 0.866. The molecule has 0 fully saturated rings. The van der Waals surface area contributed by atoms with Gasteiger partial charge in [-0.3, -0.25) is 14.5 Å². The van der Waals surface area contributed by atoms with Gasteiger partial charge in [-0.05, 0) is 17.7 Å². The second-order valence-electron chi connectivity index (χ2n) is 4.53. The van der Waals surface area contributed by atoms with Crippen LogP contribution in [0.4, 0.5) is 0 Å². The normalized spacial score (nSPS) is 17.6. The van der Waals surface area contributed by atoms with E-state index in [1.807, 2.05) is 0 Å². The molecule has 0 radical (unpaired) electrons. The summed E-state index contributed by atoms with van der Waals surface area (Å²) in [6, 6.07) is 15.0. The number of β-amino-alcohol motifs (C(OH)–C–C–N with tert-alkyl or cyclic N) is 1. The maximum absolute atomic E-state index is 12.3. The van der Waals surface area contributed by atoms with Crippen LogP contribution in [0, 0.1) is 0 Å². The third kappa shape index (κ3) is 2.00. The molecule has 1 aliphatic rings. The standard InChI is InChI=1S/C16H13NO3/c18-14(11-6-2-1-3-7-11)10-17-15(19)12-8-4-5-9-13(12)16(17)20/h1-9,14,18H,10H2/i10D/t10-,14?/m0/s1. The lowest BCUT2D eigenvalue weighted by molar-refractivity contribution is 0.0543. The first kappa shape index (κ1) is 11.4. The van der Waals surface area contributed by atoms with Gasteiger partial charge in [-0.2, -0.15) is 0 Å². The Morgan fingerprint density at radius 2 is 1.45 bits per heavy atom. The first-order chi connectivity index (χ1) is 10.1. The second-order valence-corrected chi connectivity index (χ2v) is 4.53. The van der Waals surface area contributed by atoms with Gasteiger partial charge in [-0.1, -0.05) is 42.5 Å². The number of amides is 2. The lowest BCUT2D eigenvalue weighted by atomic mass is 10.1. The van der Waals surface area contributed by atoms with Crippen molar-refractivity contribution in [3.63, 3.8) is 0 Å². The third-order valence-corrected chi connectivity index (χ3v) is 3.26. The number of aliphatic hydroxyl groups excluding tert-OH is 1. The number of fused-ring (bicyclic) bond motifs is 1. The smallest absolute Gasteiger partial charge is 0.261 e. The van der Waals surface area contributed by atoms with Crippen LogP contribution in [0.25, 0.3) is 0 Å². The molecule has 0 saturated heterocycles. The summed E-state index contributed by atoms with van der Waals surface area (Å²) in [6.45, 7) is -1.38. The highest BCUT2D eigenvalue weighted by atomic mass is 16.3. The number of benzene rings is 2. The van der Waals surface area contributed by atoms with Crippen LogP contribution in [-0.4, -0.2) is 28.3 Å². The summed E-state index contributed by atoms with van der Waals surface area (Å²) < 4.78 is 8.08. The summed E-state index contributed by atoms with van der Waals surface area (Å²) in [4.78, 5) is 25.3. The Bertz CT molecular complexity index is 667. The fourth-order valence-corrected chi connectivity index (χ4v) is 2.22. The molecule has 2 aromatic rings. The van der Waals surface area contributed by atoms with Gasteiger partial charge in [0, 0.05) is 0 Å². The fourth-order valence-electron chi connectivity index (χ4n) is 2.22. The van der Waals surface area contributed by atoms with Crippen LogP contribution in [0.3, 0.4) is 0 Å². The predicted molar refractivity (Wildman–Crippen MR) is 73.2 cm³/mol. The maximum atomic E-state index is 12.3. The molecule has 2 aromatic carbocycles. The summed E-state index contributed by atoms with van der Waals surface area (Å²) in [5.74, 6) is -1.07. The molecule has 2 atom stereocenters. The van der Waals surface area contributed by atoms with Gasteiger partial charge in [0.1, 0.15) is 0 Å². The molecular weight excluding hydrogens is 254 g/mol. The van der Waals surface area contributed by atoms with Crippen molar-refractivity contribution in [2.24, 2.45) is 0 Å². The van der Waals surface area contributed by atoms with Crippen molar-refractivity contribution in [3.05, 3.63) is 71.3 Å². The Morgan fingerprint density at radius 3 is 2.00 bits per heavy atom. The molecule has 4 heteroatoms. The first-order valence-corrected chi connectivity index (χ1v) is 6.23. The zero-order valence-corrected chi connectivity index (χ0v) is 10.6. The van der Waals surface area contributed by atoms with Crippen LogP contribution < -0.4 is 0 Å². The van der Waals surface area contributed by atoms with Crippen molar-refractivity contribution >= 4 is 11.8 Å². The summed E-state index contributed by atoms with van der Waals surface area (Å²) in [7, 11) is 0. The summed E-state index contributed by atoms with van der Waals surface area (Å²) in [6.07, 6.45) is -1.24. The average Bonchev–Trinajstić information content (AvgIpc) is 2.79. The minimum Gasteiger partial charge on any atom is -0.387 e. The monoisotopic (exact) mass is 268 g/mol. The number of carbonyl (C=O) groups is 2. The highest BCUT2D eigenvalue weighted by Crippen LogP contribution is 2.25. The van der Waals surface area contributed by atoms with Crippen LogP contribution in [0.15, 0.2) is 54.6 Å². The molecule has 0 bridgehead atoms. The zero-order chi connectivity index (χ0) is 15.0. The number of carbonyl (C=O) groups excluding carboxylic acids is 2. The van der Waals surface area contributed by atoms with E-state index in [2.05, 4.69) is 0 Å². The molecule has 0 spiro atoms. The van der Waals surface area contributed by atoms with Gasteiger partial charge in [0.2, 0.25) is 0 Å². The number of hydrogen-bond acceptors (Lipinski definition) is 3.